The van der Waals surface area contributed by atoms with Crippen LogP contribution in [0.15, 0.2) is 41.3 Å². The summed E-state index contributed by atoms with van der Waals surface area (Å²) in [6.07, 6.45) is 4.46. The number of nitrogens with zero attached hydrogens (tertiary/aromatic N) is 5. The number of benzene rings is 1. The van der Waals surface area contributed by atoms with E-state index < -0.39 is 11.6 Å². The van der Waals surface area contributed by atoms with E-state index in [1.807, 2.05) is 6.07 Å². The lowest BCUT2D eigenvalue weighted by molar-refractivity contribution is -0.106. The van der Waals surface area contributed by atoms with E-state index in [9.17, 15) is 13.6 Å². The zero-order valence-electron chi connectivity index (χ0n) is 21.3. The van der Waals surface area contributed by atoms with Crippen LogP contribution in [-0.2, 0) is 24.8 Å². The molecule has 0 saturated carbocycles. The molecular formula is C27H31F2N5O3. The molecular weight excluding hydrogens is 480 g/mol. The molecule has 1 aromatic carbocycles. The van der Waals surface area contributed by atoms with Crippen molar-refractivity contribution in [1.82, 2.24) is 19.4 Å². The molecule has 37 heavy (non-hydrogen) atoms. The molecule has 0 spiro atoms. The topological polar surface area (TPSA) is 80.6 Å². The van der Waals surface area contributed by atoms with E-state index in [-0.39, 0.29) is 17.4 Å². The quantitative estimate of drug-likeness (QED) is 0.497. The number of carbonyl (C=O) groups excluding carboxylic acids is 1. The van der Waals surface area contributed by atoms with Crippen molar-refractivity contribution in [3.63, 3.8) is 0 Å². The van der Waals surface area contributed by atoms with Gasteiger partial charge >= 0.3 is 0 Å². The van der Waals surface area contributed by atoms with Gasteiger partial charge in [0.2, 0.25) is 0 Å². The zero-order valence-corrected chi connectivity index (χ0v) is 21.3. The summed E-state index contributed by atoms with van der Waals surface area (Å²) in [5, 5.41) is 0. The lowest BCUT2D eigenvalue weighted by Gasteiger charge is -2.35. The Bertz CT molecular complexity index is 1320. The molecule has 0 amide bonds. The largest absolute Gasteiger partial charge is 0.487 e. The number of ether oxygens (including phenoxy) is 1. The first-order valence-electron chi connectivity index (χ1n) is 12.3. The molecule has 0 radical (unpaired) electrons. The van der Waals surface area contributed by atoms with Crippen molar-refractivity contribution in [1.29, 1.82) is 0 Å². The van der Waals surface area contributed by atoms with Gasteiger partial charge in [-0.3, -0.25) is 4.79 Å². The molecule has 5 rings (SSSR count). The second-order valence-electron chi connectivity index (χ2n) is 9.26. The Kier molecular flexibility index (Phi) is 8.27. The smallest absolute Gasteiger partial charge is 0.250 e. The van der Waals surface area contributed by atoms with E-state index in [4.69, 9.17) is 19.5 Å². The molecule has 1 fully saturated rings. The van der Waals surface area contributed by atoms with Crippen LogP contribution in [0.3, 0.4) is 0 Å². The van der Waals surface area contributed by atoms with Gasteiger partial charge in [0.05, 0.1) is 11.4 Å². The monoisotopic (exact) mass is 511 g/mol. The first-order chi connectivity index (χ1) is 17.8. The second kappa shape index (κ2) is 11.6. The highest BCUT2D eigenvalue weighted by atomic mass is 19.1. The molecule has 2 aliphatic heterocycles. The van der Waals surface area contributed by atoms with Crippen molar-refractivity contribution in [2.75, 3.05) is 31.6 Å². The second-order valence-corrected chi connectivity index (χ2v) is 9.26. The molecule has 3 aromatic rings. The third-order valence-corrected chi connectivity index (χ3v) is 6.49. The molecule has 2 aromatic heterocycles. The Balaban J connectivity index is 0.00000102. The molecule has 196 valence electrons. The Hall–Kier alpha value is -3.66. The number of aryl methyl sites for hydroxylation is 1. The number of piperidine rings is 1. The number of hydrogen-bond acceptors (Lipinski definition) is 7. The lowest BCUT2D eigenvalue weighted by Crippen LogP contribution is -2.40. The van der Waals surface area contributed by atoms with Crippen molar-refractivity contribution in [2.24, 2.45) is 7.05 Å². The molecule has 4 heterocycles. The highest BCUT2D eigenvalue weighted by molar-refractivity contribution is 5.72. The maximum Gasteiger partial charge on any atom is 0.250 e. The molecule has 0 atom stereocenters. The SMILES string of the molecule is CC=O.CN1CCc2nc(N3CCC(Oc4ccc(F)cc4F)CC3)c(-c3ccn(C)c(=O)c3)nc2C1. The van der Waals surface area contributed by atoms with Crippen LogP contribution in [0.1, 0.15) is 31.2 Å². The number of anilines is 1. The fraction of sp³-hybridized carbons (Fsp3) is 0.407. The maximum absolute atomic E-state index is 14.0. The summed E-state index contributed by atoms with van der Waals surface area (Å²) in [4.78, 5) is 35.5. The highest BCUT2D eigenvalue weighted by Crippen LogP contribution is 2.32. The fourth-order valence-electron chi connectivity index (χ4n) is 4.50. The van der Waals surface area contributed by atoms with Gasteiger partial charge in [-0.25, -0.2) is 18.7 Å². The van der Waals surface area contributed by atoms with Crippen molar-refractivity contribution in [3.05, 3.63) is 69.9 Å². The average Bonchev–Trinajstić information content (AvgIpc) is 2.87. The van der Waals surface area contributed by atoms with E-state index in [0.717, 1.165) is 54.6 Å². The summed E-state index contributed by atoms with van der Waals surface area (Å²) in [5.74, 6) is -0.484. The number of aromatic nitrogens is 3. The first-order valence-corrected chi connectivity index (χ1v) is 12.3. The number of pyridine rings is 1. The summed E-state index contributed by atoms with van der Waals surface area (Å²) < 4.78 is 34.6. The fourth-order valence-corrected chi connectivity index (χ4v) is 4.50. The number of likely N-dealkylation sites (N-methyl/N-ethyl adjacent to an activating group) is 1. The normalized spacial score (nSPS) is 16.0. The van der Waals surface area contributed by atoms with Crippen LogP contribution in [0.25, 0.3) is 11.3 Å². The van der Waals surface area contributed by atoms with Crippen molar-refractivity contribution >= 4 is 12.1 Å². The van der Waals surface area contributed by atoms with Crippen LogP contribution in [0.5, 0.6) is 5.75 Å². The molecule has 2 aliphatic rings. The third kappa shape index (κ3) is 6.19. The molecule has 0 bridgehead atoms. The van der Waals surface area contributed by atoms with Gasteiger partial charge in [-0.15, -0.1) is 0 Å². The highest BCUT2D eigenvalue weighted by Gasteiger charge is 2.27. The number of aldehydes is 1. The van der Waals surface area contributed by atoms with Crippen LogP contribution in [0.4, 0.5) is 14.6 Å². The minimum Gasteiger partial charge on any atom is -0.487 e. The minimum absolute atomic E-state index is 0.0679. The van der Waals surface area contributed by atoms with Gasteiger partial charge in [0.15, 0.2) is 17.4 Å². The third-order valence-electron chi connectivity index (χ3n) is 6.49. The predicted octanol–water partition coefficient (Wildman–Crippen LogP) is 3.36. The van der Waals surface area contributed by atoms with E-state index in [1.165, 1.54) is 23.6 Å². The summed E-state index contributed by atoms with van der Waals surface area (Å²) in [5.41, 5.74) is 3.28. The summed E-state index contributed by atoms with van der Waals surface area (Å²) >= 11 is 0. The Morgan fingerprint density at radius 1 is 1.03 bits per heavy atom. The van der Waals surface area contributed by atoms with E-state index in [2.05, 4.69) is 16.8 Å². The number of rotatable bonds is 4. The van der Waals surface area contributed by atoms with E-state index >= 15 is 0 Å². The number of fused-ring (bicyclic) bond motifs is 1. The Morgan fingerprint density at radius 3 is 2.43 bits per heavy atom. The molecule has 10 heteroatoms. The van der Waals surface area contributed by atoms with Crippen LogP contribution < -0.4 is 15.2 Å². The van der Waals surface area contributed by atoms with Gasteiger partial charge < -0.3 is 23.9 Å². The molecule has 1 saturated heterocycles. The zero-order chi connectivity index (χ0) is 26.5. The van der Waals surface area contributed by atoms with Crippen molar-refractivity contribution in [2.45, 2.75) is 38.8 Å². The number of carbonyl (C=O) groups is 1. The summed E-state index contributed by atoms with van der Waals surface area (Å²) in [6.45, 7) is 4.39. The van der Waals surface area contributed by atoms with Gasteiger partial charge in [-0.2, -0.15) is 0 Å². The van der Waals surface area contributed by atoms with Gasteiger partial charge in [0.25, 0.3) is 5.56 Å². The lowest BCUT2D eigenvalue weighted by atomic mass is 10.0. The van der Waals surface area contributed by atoms with Gasteiger partial charge in [0, 0.05) is 76.4 Å². The van der Waals surface area contributed by atoms with Gasteiger partial charge in [-0.05, 0) is 32.2 Å². The van der Waals surface area contributed by atoms with Crippen molar-refractivity contribution < 1.29 is 18.3 Å². The van der Waals surface area contributed by atoms with Crippen LogP contribution >= 0.6 is 0 Å². The predicted molar refractivity (Wildman–Crippen MR) is 137 cm³/mol. The van der Waals surface area contributed by atoms with Gasteiger partial charge in [-0.1, -0.05) is 0 Å². The standard InChI is InChI=1S/C25H27F2N5O2.C2H4O/c1-30-9-8-20-21(15-30)28-24(16-5-10-31(2)23(33)13-16)25(29-20)32-11-6-18(7-12-32)34-22-4-3-17(26)14-19(22)27;1-2-3/h3-5,10,13-14,18H,6-9,11-12,15H2,1-2H3;2H,1H3. The molecule has 0 N–H and O–H groups in total. The minimum atomic E-state index is -0.694. The molecule has 0 aliphatic carbocycles. The maximum atomic E-state index is 14.0. The van der Waals surface area contributed by atoms with Crippen LogP contribution in [-0.4, -0.2) is 58.5 Å². The van der Waals surface area contributed by atoms with Gasteiger partial charge in [0.1, 0.15) is 23.9 Å². The Labute approximate surface area is 214 Å². The van der Waals surface area contributed by atoms with Crippen LogP contribution in [0.2, 0.25) is 0 Å². The summed E-state index contributed by atoms with van der Waals surface area (Å²) in [7, 11) is 3.78. The number of halogens is 2. The van der Waals surface area contributed by atoms with E-state index in [0.29, 0.717) is 31.6 Å². The molecule has 0 unspecified atom stereocenters. The Morgan fingerprint density at radius 2 is 1.76 bits per heavy atom. The van der Waals surface area contributed by atoms with E-state index in [1.54, 1.807) is 19.3 Å². The first kappa shape index (κ1) is 26.4. The van der Waals surface area contributed by atoms with Crippen molar-refractivity contribution in [3.8, 4) is 17.0 Å². The summed E-state index contributed by atoms with van der Waals surface area (Å²) in [6, 6.07) is 6.85. The molecule has 8 nitrogen and oxygen atoms in total. The number of hydrogen-bond donors (Lipinski definition) is 0. The average molecular weight is 512 g/mol. The van der Waals surface area contributed by atoms with Crippen LogP contribution in [0, 0.1) is 11.6 Å².